The lowest BCUT2D eigenvalue weighted by Crippen LogP contribution is -2.41. The third-order valence-corrected chi connectivity index (χ3v) is 2.42. The third-order valence-electron chi connectivity index (χ3n) is 2.42. The van der Waals surface area contributed by atoms with Gasteiger partial charge in [-0.3, -0.25) is 0 Å². The van der Waals surface area contributed by atoms with Crippen LogP contribution in [0.3, 0.4) is 0 Å². The normalized spacial score (nSPS) is 15.4. The molecular formula is C10H20F3NO. The quantitative estimate of drug-likeness (QED) is 0.704. The molecule has 1 atom stereocenters. The first-order chi connectivity index (χ1) is 6.69. The van der Waals surface area contributed by atoms with Gasteiger partial charge in [0.05, 0.1) is 6.61 Å². The zero-order valence-electron chi connectivity index (χ0n) is 9.74. The molecular weight excluding hydrogens is 207 g/mol. The van der Waals surface area contributed by atoms with Crippen molar-refractivity contribution >= 4 is 0 Å². The Morgan fingerprint density at radius 2 is 1.80 bits per heavy atom. The fourth-order valence-electron chi connectivity index (χ4n) is 0.845. The highest BCUT2D eigenvalue weighted by molar-refractivity contribution is 4.74. The second-order valence-electron chi connectivity index (χ2n) is 4.22. The van der Waals surface area contributed by atoms with Crippen LogP contribution in [-0.2, 0) is 4.74 Å². The third kappa shape index (κ3) is 6.73. The summed E-state index contributed by atoms with van der Waals surface area (Å²) in [6.45, 7) is 7.54. The summed E-state index contributed by atoms with van der Waals surface area (Å²) in [5.41, 5.74) is -0.0508. The summed E-state index contributed by atoms with van der Waals surface area (Å²) in [4.78, 5) is 0. The SMILES string of the molecule is CCC(C)(C)NCCOC(C)C(F)(F)F. The van der Waals surface area contributed by atoms with Crippen LogP contribution in [0.1, 0.15) is 34.1 Å². The average Bonchev–Trinajstić information content (AvgIpc) is 2.10. The van der Waals surface area contributed by atoms with Gasteiger partial charge in [-0.1, -0.05) is 6.92 Å². The maximum atomic E-state index is 12.0. The van der Waals surface area contributed by atoms with Crippen LogP contribution in [0.5, 0.6) is 0 Å². The first-order valence-electron chi connectivity index (χ1n) is 5.12. The van der Waals surface area contributed by atoms with E-state index in [9.17, 15) is 13.2 Å². The summed E-state index contributed by atoms with van der Waals surface area (Å²) in [6, 6.07) is 0. The Morgan fingerprint density at radius 1 is 1.27 bits per heavy atom. The van der Waals surface area contributed by atoms with Gasteiger partial charge in [-0.05, 0) is 27.2 Å². The van der Waals surface area contributed by atoms with Gasteiger partial charge in [0.25, 0.3) is 0 Å². The largest absolute Gasteiger partial charge is 0.414 e. The van der Waals surface area contributed by atoms with Crippen LogP contribution in [0.25, 0.3) is 0 Å². The maximum Gasteiger partial charge on any atom is 0.414 e. The number of alkyl halides is 3. The number of hydrogen-bond acceptors (Lipinski definition) is 2. The number of nitrogens with one attached hydrogen (secondary N) is 1. The molecule has 0 amide bonds. The van der Waals surface area contributed by atoms with Gasteiger partial charge < -0.3 is 10.1 Å². The Kier molecular flexibility index (Phi) is 5.59. The molecule has 0 rings (SSSR count). The van der Waals surface area contributed by atoms with Crippen molar-refractivity contribution in [3.05, 3.63) is 0 Å². The first kappa shape index (κ1) is 14.7. The molecule has 0 saturated heterocycles. The van der Waals surface area contributed by atoms with Gasteiger partial charge in [0.1, 0.15) is 0 Å². The van der Waals surface area contributed by atoms with E-state index >= 15 is 0 Å². The molecule has 0 aromatic heterocycles. The maximum absolute atomic E-state index is 12.0. The predicted octanol–water partition coefficient (Wildman–Crippen LogP) is 2.73. The highest BCUT2D eigenvalue weighted by Gasteiger charge is 2.36. The zero-order valence-corrected chi connectivity index (χ0v) is 9.74. The minimum absolute atomic E-state index is 0.0508. The van der Waals surface area contributed by atoms with Crippen LogP contribution >= 0.6 is 0 Å². The molecule has 0 radical (unpaired) electrons. The van der Waals surface area contributed by atoms with Gasteiger partial charge >= 0.3 is 6.18 Å². The monoisotopic (exact) mass is 227 g/mol. The topological polar surface area (TPSA) is 21.3 Å². The van der Waals surface area contributed by atoms with E-state index < -0.39 is 12.3 Å². The van der Waals surface area contributed by atoms with E-state index in [2.05, 4.69) is 10.1 Å². The van der Waals surface area contributed by atoms with Gasteiger partial charge in [-0.25, -0.2) is 0 Å². The molecule has 0 aromatic carbocycles. The summed E-state index contributed by atoms with van der Waals surface area (Å²) in [5.74, 6) is 0. The molecule has 0 aliphatic heterocycles. The van der Waals surface area contributed by atoms with E-state index in [1.807, 2.05) is 20.8 Å². The predicted molar refractivity (Wildman–Crippen MR) is 53.8 cm³/mol. The molecule has 0 aliphatic rings. The van der Waals surface area contributed by atoms with Crippen molar-refractivity contribution < 1.29 is 17.9 Å². The molecule has 1 N–H and O–H groups in total. The van der Waals surface area contributed by atoms with Crippen molar-refractivity contribution in [3.63, 3.8) is 0 Å². The van der Waals surface area contributed by atoms with Crippen LogP contribution in [0.2, 0.25) is 0 Å². The van der Waals surface area contributed by atoms with Crippen LogP contribution in [-0.4, -0.2) is 31.0 Å². The smallest absolute Gasteiger partial charge is 0.368 e. The van der Waals surface area contributed by atoms with E-state index in [0.29, 0.717) is 6.54 Å². The van der Waals surface area contributed by atoms with Crippen LogP contribution < -0.4 is 5.32 Å². The van der Waals surface area contributed by atoms with Crippen molar-refractivity contribution in [2.45, 2.75) is 51.9 Å². The van der Waals surface area contributed by atoms with Crippen molar-refractivity contribution in [2.75, 3.05) is 13.2 Å². The standard InChI is InChI=1S/C10H20F3NO/c1-5-9(3,4)14-6-7-15-8(2)10(11,12)13/h8,14H,5-7H2,1-4H3. The number of rotatable bonds is 6. The van der Waals surface area contributed by atoms with Crippen molar-refractivity contribution in [1.29, 1.82) is 0 Å². The number of halogens is 3. The summed E-state index contributed by atoms with van der Waals surface area (Å²) in [7, 11) is 0. The molecule has 1 unspecified atom stereocenters. The molecule has 15 heavy (non-hydrogen) atoms. The van der Waals surface area contributed by atoms with Crippen molar-refractivity contribution in [2.24, 2.45) is 0 Å². The summed E-state index contributed by atoms with van der Waals surface area (Å²) >= 11 is 0. The van der Waals surface area contributed by atoms with Gasteiger partial charge in [0.15, 0.2) is 6.10 Å². The minimum atomic E-state index is -4.26. The highest BCUT2D eigenvalue weighted by atomic mass is 19.4. The fraction of sp³-hybridized carbons (Fsp3) is 1.00. The van der Waals surface area contributed by atoms with Crippen LogP contribution in [0.15, 0.2) is 0 Å². The van der Waals surface area contributed by atoms with Crippen molar-refractivity contribution in [1.82, 2.24) is 5.32 Å². The zero-order chi connectivity index (χ0) is 12.1. The molecule has 5 heteroatoms. The van der Waals surface area contributed by atoms with Gasteiger partial charge in [0.2, 0.25) is 0 Å². The highest BCUT2D eigenvalue weighted by Crippen LogP contribution is 2.21. The summed E-state index contributed by atoms with van der Waals surface area (Å²) in [5, 5.41) is 3.12. The van der Waals surface area contributed by atoms with E-state index in [1.54, 1.807) is 0 Å². The average molecular weight is 227 g/mol. The number of ether oxygens (including phenoxy) is 1. The van der Waals surface area contributed by atoms with Crippen LogP contribution in [0.4, 0.5) is 13.2 Å². The lowest BCUT2D eigenvalue weighted by Gasteiger charge is -2.25. The first-order valence-corrected chi connectivity index (χ1v) is 5.12. The Labute approximate surface area is 89.2 Å². The van der Waals surface area contributed by atoms with E-state index in [0.717, 1.165) is 13.3 Å². The minimum Gasteiger partial charge on any atom is -0.368 e. The van der Waals surface area contributed by atoms with Gasteiger partial charge in [-0.2, -0.15) is 13.2 Å². The molecule has 92 valence electrons. The second kappa shape index (κ2) is 5.70. The molecule has 0 aromatic rings. The fourth-order valence-corrected chi connectivity index (χ4v) is 0.845. The second-order valence-corrected chi connectivity index (χ2v) is 4.22. The summed E-state index contributed by atoms with van der Waals surface area (Å²) < 4.78 is 40.8. The summed E-state index contributed by atoms with van der Waals surface area (Å²) in [6.07, 6.45) is -5.04. The molecule has 0 aliphatic carbocycles. The molecule has 0 spiro atoms. The van der Waals surface area contributed by atoms with Gasteiger partial charge in [-0.15, -0.1) is 0 Å². The van der Waals surface area contributed by atoms with Crippen molar-refractivity contribution in [3.8, 4) is 0 Å². The molecule has 0 heterocycles. The molecule has 0 saturated carbocycles. The van der Waals surface area contributed by atoms with Gasteiger partial charge in [0, 0.05) is 12.1 Å². The Balaban J connectivity index is 3.64. The van der Waals surface area contributed by atoms with E-state index in [4.69, 9.17) is 0 Å². The molecule has 0 bridgehead atoms. The molecule has 2 nitrogen and oxygen atoms in total. The Bertz CT molecular complexity index is 180. The lowest BCUT2D eigenvalue weighted by atomic mass is 10.0. The van der Waals surface area contributed by atoms with E-state index in [1.165, 1.54) is 0 Å². The Morgan fingerprint density at radius 3 is 2.20 bits per heavy atom. The lowest BCUT2D eigenvalue weighted by molar-refractivity contribution is -0.213. The van der Waals surface area contributed by atoms with Crippen LogP contribution in [0, 0.1) is 0 Å². The number of hydrogen-bond donors (Lipinski definition) is 1. The Hall–Kier alpha value is -0.290. The molecule has 0 fully saturated rings. The van der Waals surface area contributed by atoms with E-state index in [-0.39, 0.29) is 12.1 Å².